The number of rotatable bonds is 7. The number of hydrogen-bond acceptors (Lipinski definition) is 3. The van der Waals surface area contributed by atoms with Crippen molar-refractivity contribution in [3.05, 3.63) is 29.8 Å². The molecule has 3 heteroatoms. The van der Waals surface area contributed by atoms with Gasteiger partial charge in [-0.25, -0.2) is 0 Å². The van der Waals surface area contributed by atoms with Crippen LogP contribution in [0.4, 0.5) is 0 Å². The molecule has 0 aliphatic rings. The standard InChI is InChI=1S/C13H21NOS/c1-4-13(14-2)11-5-7-12(8-6-11)16-10-9-15-3/h5-8,13-14H,4,9-10H2,1-3H3. The van der Waals surface area contributed by atoms with Crippen LogP contribution in [0.15, 0.2) is 29.2 Å². The Labute approximate surface area is 103 Å². The molecular formula is C13H21NOS. The third-order valence-corrected chi connectivity index (χ3v) is 3.57. The maximum Gasteiger partial charge on any atom is 0.0556 e. The molecule has 1 unspecified atom stereocenters. The monoisotopic (exact) mass is 239 g/mol. The van der Waals surface area contributed by atoms with Crippen molar-refractivity contribution >= 4 is 11.8 Å². The van der Waals surface area contributed by atoms with Crippen LogP contribution >= 0.6 is 11.8 Å². The molecule has 16 heavy (non-hydrogen) atoms. The molecule has 2 nitrogen and oxygen atoms in total. The lowest BCUT2D eigenvalue weighted by Gasteiger charge is -2.14. The second-order valence-corrected chi connectivity index (χ2v) is 4.83. The summed E-state index contributed by atoms with van der Waals surface area (Å²) >= 11 is 1.84. The predicted molar refractivity (Wildman–Crippen MR) is 71.1 cm³/mol. The minimum Gasteiger partial charge on any atom is -0.384 e. The molecule has 1 atom stereocenters. The Morgan fingerprint density at radius 3 is 2.50 bits per heavy atom. The maximum absolute atomic E-state index is 5.03. The zero-order chi connectivity index (χ0) is 11.8. The third-order valence-electron chi connectivity index (χ3n) is 2.60. The van der Waals surface area contributed by atoms with E-state index in [4.69, 9.17) is 4.74 Å². The highest BCUT2D eigenvalue weighted by molar-refractivity contribution is 7.99. The highest BCUT2D eigenvalue weighted by atomic mass is 32.2. The molecule has 0 fully saturated rings. The Kier molecular flexibility index (Phi) is 6.53. The van der Waals surface area contributed by atoms with E-state index in [1.807, 2.05) is 18.8 Å². The Bertz CT molecular complexity index is 282. The molecule has 0 amide bonds. The molecule has 0 saturated carbocycles. The number of thioether (sulfide) groups is 1. The van der Waals surface area contributed by atoms with Crippen molar-refractivity contribution in [3.8, 4) is 0 Å². The van der Waals surface area contributed by atoms with Gasteiger partial charge in [0.25, 0.3) is 0 Å². The van der Waals surface area contributed by atoms with Crippen molar-refractivity contribution in [2.24, 2.45) is 0 Å². The lowest BCUT2D eigenvalue weighted by atomic mass is 10.1. The molecule has 1 aromatic carbocycles. The summed E-state index contributed by atoms with van der Waals surface area (Å²) in [6.07, 6.45) is 1.12. The number of ether oxygens (including phenoxy) is 1. The first-order valence-corrected chi connectivity index (χ1v) is 6.69. The number of methoxy groups -OCH3 is 1. The normalized spacial score (nSPS) is 12.7. The molecule has 90 valence electrons. The van der Waals surface area contributed by atoms with Crippen LogP contribution < -0.4 is 5.32 Å². The lowest BCUT2D eigenvalue weighted by Crippen LogP contribution is -2.14. The average Bonchev–Trinajstić information content (AvgIpc) is 2.33. The summed E-state index contributed by atoms with van der Waals surface area (Å²) < 4.78 is 5.03. The molecule has 0 aliphatic carbocycles. The van der Waals surface area contributed by atoms with Gasteiger partial charge in [-0.05, 0) is 31.2 Å². The molecule has 0 saturated heterocycles. The van der Waals surface area contributed by atoms with Gasteiger partial charge >= 0.3 is 0 Å². The second-order valence-electron chi connectivity index (χ2n) is 3.66. The molecular weight excluding hydrogens is 218 g/mol. The van der Waals surface area contributed by atoms with Crippen molar-refractivity contribution in [2.75, 3.05) is 26.5 Å². The number of nitrogens with one attached hydrogen (secondary N) is 1. The summed E-state index contributed by atoms with van der Waals surface area (Å²) in [6.45, 7) is 3.00. The van der Waals surface area contributed by atoms with Crippen molar-refractivity contribution in [3.63, 3.8) is 0 Å². The Morgan fingerprint density at radius 1 is 1.31 bits per heavy atom. The van der Waals surface area contributed by atoms with E-state index >= 15 is 0 Å². The maximum atomic E-state index is 5.03. The van der Waals surface area contributed by atoms with E-state index in [0.29, 0.717) is 6.04 Å². The van der Waals surface area contributed by atoms with Gasteiger partial charge in [0.2, 0.25) is 0 Å². The van der Waals surface area contributed by atoms with E-state index < -0.39 is 0 Å². The summed E-state index contributed by atoms with van der Waals surface area (Å²) in [7, 11) is 3.75. The highest BCUT2D eigenvalue weighted by Crippen LogP contribution is 2.22. The molecule has 1 aromatic rings. The molecule has 1 rings (SSSR count). The summed E-state index contributed by atoms with van der Waals surface area (Å²) in [4.78, 5) is 1.31. The topological polar surface area (TPSA) is 21.3 Å². The average molecular weight is 239 g/mol. The van der Waals surface area contributed by atoms with Crippen LogP contribution in [0.1, 0.15) is 24.9 Å². The van der Waals surface area contributed by atoms with Crippen molar-refractivity contribution in [1.82, 2.24) is 5.32 Å². The summed E-state index contributed by atoms with van der Waals surface area (Å²) in [5, 5.41) is 3.31. The lowest BCUT2D eigenvalue weighted by molar-refractivity contribution is 0.218. The quantitative estimate of drug-likeness (QED) is 0.583. The van der Waals surface area contributed by atoms with Gasteiger partial charge in [-0.3, -0.25) is 0 Å². The van der Waals surface area contributed by atoms with Gasteiger partial charge in [-0.15, -0.1) is 11.8 Å². The van der Waals surface area contributed by atoms with E-state index in [1.165, 1.54) is 10.5 Å². The first-order chi connectivity index (χ1) is 7.81. The zero-order valence-corrected chi connectivity index (χ0v) is 11.1. The van der Waals surface area contributed by atoms with Crippen LogP contribution in [0, 0.1) is 0 Å². The van der Waals surface area contributed by atoms with Gasteiger partial charge in [0, 0.05) is 23.8 Å². The molecule has 0 aliphatic heterocycles. The van der Waals surface area contributed by atoms with Crippen LogP contribution in [0.2, 0.25) is 0 Å². The molecule has 1 N–H and O–H groups in total. The van der Waals surface area contributed by atoms with Crippen molar-refractivity contribution < 1.29 is 4.74 Å². The fourth-order valence-corrected chi connectivity index (χ4v) is 2.46. The van der Waals surface area contributed by atoms with Crippen LogP contribution in [-0.4, -0.2) is 26.5 Å². The smallest absolute Gasteiger partial charge is 0.0556 e. The van der Waals surface area contributed by atoms with E-state index in [0.717, 1.165) is 18.8 Å². The third kappa shape index (κ3) is 4.16. The van der Waals surface area contributed by atoms with Gasteiger partial charge in [0.15, 0.2) is 0 Å². The van der Waals surface area contributed by atoms with E-state index in [2.05, 4.69) is 36.5 Å². The summed E-state index contributed by atoms with van der Waals surface area (Å²) in [5.74, 6) is 1.01. The van der Waals surface area contributed by atoms with Crippen LogP contribution in [0.25, 0.3) is 0 Å². The Morgan fingerprint density at radius 2 is 2.00 bits per heavy atom. The van der Waals surface area contributed by atoms with Crippen LogP contribution in [0.3, 0.4) is 0 Å². The first kappa shape index (κ1) is 13.6. The molecule has 0 bridgehead atoms. The second kappa shape index (κ2) is 7.71. The van der Waals surface area contributed by atoms with Crippen molar-refractivity contribution in [1.29, 1.82) is 0 Å². The van der Waals surface area contributed by atoms with Gasteiger partial charge in [0.1, 0.15) is 0 Å². The predicted octanol–water partition coefficient (Wildman–Crippen LogP) is 3.10. The van der Waals surface area contributed by atoms with Gasteiger partial charge in [0.05, 0.1) is 6.61 Å². The largest absolute Gasteiger partial charge is 0.384 e. The van der Waals surface area contributed by atoms with Crippen LogP contribution in [0.5, 0.6) is 0 Å². The zero-order valence-electron chi connectivity index (χ0n) is 10.3. The number of benzene rings is 1. The molecule has 0 spiro atoms. The molecule has 0 radical (unpaired) electrons. The summed E-state index contributed by atoms with van der Waals surface area (Å²) in [5.41, 5.74) is 1.36. The van der Waals surface area contributed by atoms with E-state index in [1.54, 1.807) is 7.11 Å². The minimum absolute atomic E-state index is 0.470. The Balaban J connectivity index is 2.53. The first-order valence-electron chi connectivity index (χ1n) is 5.70. The van der Waals surface area contributed by atoms with E-state index in [9.17, 15) is 0 Å². The van der Waals surface area contributed by atoms with Gasteiger partial charge in [-0.1, -0.05) is 19.1 Å². The van der Waals surface area contributed by atoms with Crippen molar-refractivity contribution in [2.45, 2.75) is 24.3 Å². The highest BCUT2D eigenvalue weighted by Gasteiger charge is 2.05. The number of hydrogen-bond donors (Lipinski definition) is 1. The van der Waals surface area contributed by atoms with Gasteiger partial charge in [-0.2, -0.15) is 0 Å². The molecule has 0 heterocycles. The summed E-state index contributed by atoms with van der Waals surface area (Å²) in [6, 6.07) is 9.27. The van der Waals surface area contributed by atoms with Crippen LogP contribution in [-0.2, 0) is 4.74 Å². The van der Waals surface area contributed by atoms with E-state index in [-0.39, 0.29) is 0 Å². The Hall–Kier alpha value is -0.510. The molecule has 0 aromatic heterocycles. The fourth-order valence-electron chi connectivity index (χ4n) is 1.65. The van der Waals surface area contributed by atoms with Gasteiger partial charge < -0.3 is 10.1 Å². The minimum atomic E-state index is 0.470. The SMILES string of the molecule is CCC(NC)c1ccc(SCCOC)cc1. The fraction of sp³-hybridized carbons (Fsp3) is 0.538.